The number of aromatic nitrogens is 2. The van der Waals surface area contributed by atoms with Gasteiger partial charge in [-0.15, -0.1) is 0 Å². The van der Waals surface area contributed by atoms with Crippen LogP contribution < -0.4 is 5.73 Å². The van der Waals surface area contributed by atoms with Crippen LogP contribution in [0.25, 0.3) is 11.3 Å². The zero-order valence-electron chi connectivity index (χ0n) is 18.1. The average molecular weight is 430 g/mol. The van der Waals surface area contributed by atoms with Crippen molar-refractivity contribution in [2.45, 2.75) is 52.1 Å². The molecule has 0 radical (unpaired) electrons. The molecule has 1 heterocycles. The van der Waals surface area contributed by atoms with E-state index in [1.54, 1.807) is 12.1 Å². The van der Waals surface area contributed by atoms with Crippen LogP contribution in [0.2, 0.25) is 0 Å². The van der Waals surface area contributed by atoms with Gasteiger partial charge in [-0.25, -0.2) is 18.2 Å². The third kappa shape index (κ3) is 6.69. The van der Waals surface area contributed by atoms with Crippen molar-refractivity contribution >= 4 is 0 Å². The normalized spacial score (nSPS) is 12.8. The zero-order valence-corrected chi connectivity index (χ0v) is 18.1. The highest BCUT2D eigenvalue weighted by Crippen LogP contribution is 2.30. The monoisotopic (exact) mass is 429 g/mol. The minimum absolute atomic E-state index is 0.0831. The molecule has 2 N–H and O–H groups in total. The highest BCUT2D eigenvalue weighted by molar-refractivity contribution is 5.58. The maximum absolute atomic E-state index is 13.7. The minimum atomic E-state index is -0.504. The standard InChI is InChI=1S/C25H30F3N3/c1-25(2,11-5-10-22(29)15-26)14-24-30-23(19-7-4-9-21(28)13-19)17-31(24)16-18-6-3-8-20(27)12-18/h3-4,6-9,12-13,17,22H,5,10-11,14-16,29H2,1-2H3/t22-/m0/s1. The Kier molecular flexibility index (Phi) is 7.55. The fourth-order valence-corrected chi connectivity index (χ4v) is 3.79. The Morgan fingerprint density at radius 1 is 1.06 bits per heavy atom. The van der Waals surface area contributed by atoms with Crippen molar-refractivity contribution in [3.8, 4) is 11.3 Å². The van der Waals surface area contributed by atoms with E-state index in [1.807, 2.05) is 22.9 Å². The molecule has 3 rings (SSSR count). The highest BCUT2D eigenvalue weighted by Gasteiger charge is 2.23. The molecule has 0 aliphatic heterocycles. The van der Waals surface area contributed by atoms with Crippen LogP contribution >= 0.6 is 0 Å². The first kappa shape index (κ1) is 23.1. The second-order valence-corrected chi connectivity index (χ2v) is 8.96. The number of imidazole rings is 1. The van der Waals surface area contributed by atoms with E-state index in [0.717, 1.165) is 24.2 Å². The Balaban J connectivity index is 1.85. The molecule has 3 aromatic rings. The molecule has 0 unspecified atom stereocenters. The summed E-state index contributed by atoms with van der Waals surface area (Å²) in [5.41, 5.74) is 7.83. The first-order valence-corrected chi connectivity index (χ1v) is 10.6. The molecule has 166 valence electrons. The summed E-state index contributed by atoms with van der Waals surface area (Å²) in [5.74, 6) is 0.251. The van der Waals surface area contributed by atoms with Gasteiger partial charge in [-0.2, -0.15) is 0 Å². The van der Waals surface area contributed by atoms with E-state index in [4.69, 9.17) is 10.7 Å². The third-order valence-corrected chi connectivity index (χ3v) is 5.48. The first-order chi connectivity index (χ1) is 14.8. The number of benzene rings is 2. The van der Waals surface area contributed by atoms with Crippen molar-refractivity contribution in [1.29, 1.82) is 0 Å². The fourth-order valence-electron chi connectivity index (χ4n) is 3.79. The van der Waals surface area contributed by atoms with E-state index in [1.165, 1.54) is 24.3 Å². The van der Waals surface area contributed by atoms with E-state index in [-0.39, 0.29) is 17.0 Å². The number of hydrogen-bond donors (Lipinski definition) is 1. The topological polar surface area (TPSA) is 43.8 Å². The summed E-state index contributed by atoms with van der Waals surface area (Å²) >= 11 is 0. The quantitative estimate of drug-likeness (QED) is 0.435. The number of nitrogens with two attached hydrogens (primary N) is 1. The minimum Gasteiger partial charge on any atom is -0.330 e. The van der Waals surface area contributed by atoms with Gasteiger partial charge in [0.25, 0.3) is 0 Å². The van der Waals surface area contributed by atoms with Gasteiger partial charge in [0.05, 0.1) is 5.69 Å². The smallest absolute Gasteiger partial charge is 0.123 e. The third-order valence-electron chi connectivity index (χ3n) is 5.48. The molecule has 0 aliphatic carbocycles. The van der Waals surface area contributed by atoms with Gasteiger partial charge in [-0.1, -0.05) is 44.5 Å². The lowest BCUT2D eigenvalue weighted by Gasteiger charge is -2.25. The summed E-state index contributed by atoms with van der Waals surface area (Å²) in [6, 6.07) is 12.4. The first-order valence-electron chi connectivity index (χ1n) is 10.6. The van der Waals surface area contributed by atoms with Gasteiger partial charge in [0, 0.05) is 30.8 Å². The number of halogens is 3. The van der Waals surface area contributed by atoms with Crippen LogP contribution in [0.5, 0.6) is 0 Å². The van der Waals surface area contributed by atoms with Crippen LogP contribution in [-0.4, -0.2) is 22.3 Å². The van der Waals surface area contributed by atoms with Gasteiger partial charge in [0.2, 0.25) is 0 Å². The molecule has 31 heavy (non-hydrogen) atoms. The molecule has 0 aliphatic rings. The summed E-state index contributed by atoms with van der Waals surface area (Å²) in [5, 5.41) is 0. The Morgan fingerprint density at radius 3 is 2.45 bits per heavy atom. The lowest BCUT2D eigenvalue weighted by Crippen LogP contribution is -2.24. The van der Waals surface area contributed by atoms with E-state index in [2.05, 4.69) is 13.8 Å². The Morgan fingerprint density at radius 2 is 1.77 bits per heavy atom. The summed E-state index contributed by atoms with van der Waals surface area (Å²) in [7, 11) is 0. The van der Waals surface area contributed by atoms with Crippen LogP contribution in [-0.2, 0) is 13.0 Å². The van der Waals surface area contributed by atoms with Crippen molar-refractivity contribution < 1.29 is 13.2 Å². The predicted octanol–water partition coefficient (Wildman–Crippen LogP) is 5.91. The molecule has 1 aromatic heterocycles. The molecule has 2 aromatic carbocycles. The largest absolute Gasteiger partial charge is 0.330 e. The van der Waals surface area contributed by atoms with Crippen molar-refractivity contribution in [2.24, 2.45) is 11.1 Å². The van der Waals surface area contributed by atoms with Crippen LogP contribution in [0.3, 0.4) is 0 Å². The van der Waals surface area contributed by atoms with E-state index < -0.39 is 12.7 Å². The maximum atomic E-state index is 13.7. The molecule has 0 saturated carbocycles. The van der Waals surface area contributed by atoms with Gasteiger partial charge < -0.3 is 10.3 Å². The van der Waals surface area contributed by atoms with Gasteiger partial charge in [-0.3, -0.25) is 0 Å². The SMILES string of the molecule is CC(C)(CCC[C@H](N)CF)Cc1nc(-c2cccc(F)c2)cn1Cc1cccc(F)c1. The molecule has 0 saturated heterocycles. The molecular formula is C25H30F3N3. The van der Waals surface area contributed by atoms with Crippen molar-refractivity contribution in [3.05, 3.63) is 77.8 Å². The number of alkyl halides is 1. The Bertz CT molecular complexity index is 997. The number of nitrogens with zero attached hydrogens (tertiary/aromatic N) is 2. The van der Waals surface area contributed by atoms with Gasteiger partial charge in [0.15, 0.2) is 0 Å². The van der Waals surface area contributed by atoms with Crippen molar-refractivity contribution in [2.75, 3.05) is 6.67 Å². The molecule has 0 spiro atoms. The van der Waals surface area contributed by atoms with Crippen LogP contribution in [0.15, 0.2) is 54.7 Å². The molecule has 3 nitrogen and oxygen atoms in total. The van der Waals surface area contributed by atoms with Crippen LogP contribution in [0, 0.1) is 17.0 Å². The lowest BCUT2D eigenvalue weighted by molar-refractivity contribution is 0.297. The Hall–Kier alpha value is -2.60. The predicted molar refractivity (Wildman–Crippen MR) is 118 cm³/mol. The second-order valence-electron chi connectivity index (χ2n) is 8.96. The summed E-state index contributed by atoms with van der Waals surface area (Å²) in [6.07, 6.45) is 4.93. The Labute approximate surface area is 182 Å². The van der Waals surface area contributed by atoms with E-state index in [9.17, 15) is 13.2 Å². The average Bonchev–Trinajstić information content (AvgIpc) is 3.09. The van der Waals surface area contributed by atoms with Gasteiger partial charge >= 0.3 is 0 Å². The molecule has 1 atom stereocenters. The summed E-state index contributed by atoms with van der Waals surface area (Å²) in [6.45, 7) is 4.27. The lowest BCUT2D eigenvalue weighted by atomic mass is 9.83. The van der Waals surface area contributed by atoms with Gasteiger partial charge in [0.1, 0.15) is 24.1 Å². The number of hydrogen-bond acceptors (Lipinski definition) is 2. The highest BCUT2D eigenvalue weighted by atomic mass is 19.1. The maximum Gasteiger partial charge on any atom is 0.123 e. The second kappa shape index (κ2) is 10.1. The van der Waals surface area contributed by atoms with Gasteiger partial charge in [-0.05, 0) is 48.1 Å². The van der Waals surface area contributed by atoms with Crippen molar-refractivity contribution in [1.82, 2.24) is 9.55 Å². The van der Waals surface area contributed by atoms with E-state index >= 15 is 0 Å². The van der Waals surface area contributed by atoms with Crippen LogP contribution in [0.1, 0.15) is 44.5 Å². The molecule has 0 bridgehead atoms. The zero-order chi connectivity index (χ0) is 22.4. The summed E-state index contributed by atoms with van der Waals surface area (Å²) < 4.78 is 42.1. The molecule has 6 heteroatoms. The summed E-state index contributed by atoms with van der Waals surface area (Å²) in [4.78, 5) is 4.80. The molecular weight excluding hydrogens is 399 g/mol. The van der Waals surface area contributed by atoms with Crippen LogP contribution in [0.4, 0.5) is 13.2 Å². The fraction of sp³-hybridized carbons (Fsp3) is 0.400. The number of rotatable bonds is 10. The van der Waals surface area contributed by atoms with E-state index in [0.29, 0.717) is 30.6 Å². The van der Waals surface area contributed by atoms with Crippen molar-refractivity contribution in [3.63, 3.8) is 0 Å². The molecule has 0 fully saturated rings. The molecule has 0 amide bonds.